The van der Waals surface area contributed by atoms with Gasteiger partial charge in [0.25, 0.3) is 0 Å². The minimum Gasteiger partial charge on any atom is -0.480 e. The Bertz CT molecular complexity index is 281. The lowest BCUT2D eigenvalue weighted by Crippen LogP contribution is -2.34. The van der Waals surface area contributed by atoms with Crippen molar-refractivity contribution >= 4 is 11.8 Å². The van der Waals surface area contributed by atoms with Crippen LogP contribution in [0.3, 0.4) is 0 Å². The van der Waals surface area contributed by atoms with Crippen molar-refractivity contribution < 1.29 is 14.7 Å². The fourth-order valence-corrected chi connectivity index (χ4v) is 2.14. The van der Waals surface area contributed by atoms with Crippen molar-refractivity contribution in [3.05, 3.63) is 12.2 Å². The molecule has 0 aromatic rings. The number of rotatable bonds is 5. The van der Waals surface area contributed by atoms with E-state index in [1.807, 2.05) is 19.1 Å². The third-order valence-electron chi connectivity index (χ3n) is 3.09. The number of carbonyl (C=O) groups excluding carboxylic acids is 1. The van der Waals surface area contributed by atoms with Crippen LogP contribution < -0.4 is 0 Å². The zero-order valence-corrected chi connectivity index (χ0v) is 9.16. The fourth-order valence-electron chi connectivity index (χ4n) is 2.14. The number of allylic oxidation sites excluding steroid dienone is 2. The number of aliphatic carboxylic acids is 1. The normalized spacial score (nSPS) is 26.3. The molecule has 1 rings (SSSR count). The van der Waals surface area contributed by atoms with Crippen LogP contribution in [0.1, 0.15) is 45.4 Å². The largest absolute Gasteiger partial charge is 0.480 e. The van der Waals surface area contributed by atoms with E-state index in [9.17, 15) is 9.59 Å². The van der Waals surface area contributed by atoms with E-state index in [1.54, 1.807) is 0 Å². The SMILES string of the molecule is CC/C=C\CCC1(C(=O)O)CCCC1=O. The van der Waals surface area contributed by atoms with Gasteiger partial charge in [0.1, 0.15) is 11.2 Å². The molecule has 0 spiro atoms. The predicted molar refractivity (Wildman–Crippen MR) is 57.6 cm³/mol. The van der Waals surface area contributed by atoms with Crippen molar-refractivity contribution in [1.29, 1.82) is 0 Å². The highest BCUT2D eigenvalue weighted by molar-refractivity contribution is 6.04. The highest BCUT2D eigenvalue weighted by Crippen LogP contribution is 2.39. The van der Waals surface area contributed by atoms with E-state index in [-0.39, 0.29) is 5.78 Å². The maximum atomic E-state index is 11.6. The van der Waals surface area contributed by atoms with Crippen LogP contribution in [0, 0.1) is 5.41 Å². The Morgan fingerprint density at radius 2 is 2.27 bits per heavy atom. The van der Waals surface area contributed by atoms with Crippen LogP contribution >= 0.6 is 0 Å². The van der Waals surface area contributed by atoms with Gasteiger partial charge in [-0.2, -0.15) is 0 Å². The molecule has 0 saturated heterocycles. The van der Waals surface area contributed by atoms with E-state index in [2.05, 4.69) is 0 Å². The van der Waals surface area contributed by atoms with E-state index >= 15 is 0 Å². The highest BCUT2D eigenvalue weighted by atomic mass is 16.4. The fraction of sp³-hybridized carbons (Fsp3) is 0.667. The summed E-state index contributed by atoms with van der Waals surface area (Å²) < 4.78 is 0. The lowest BCUT2D eigenvalue weighted by molar-refractivity contribution is -0.153. The highest BCUT2D eigenvalue weighted by Gasteiger charge is 2.47. The summed E-state index contributed by atoms with van der Waals surface area (Å²) in [5, 5.41) is 9.15. The minimum absolute atomic E-state index is 0.0834. The Labute approximate surface area is 90.2 Å². The first-order valence-electron chi connectivity index (χ1n) is 5.55. The number of Topliss-reactive ketones (excluding diaryl/α,β-unsaturated/α-hetero) is 1. The van der Waals surface area contributed by atoms with Gasteiger partial charge in [-0.1, -0.05) is 19.1 Å². The van der Waals surface area contributed by atoms with Gasteiger partial charge in [0, 0.05) is 6.42 Å². The topological polar surface area (TPSA) is 54.4 Å². The zero-order chi connectivity index (χ0) is 11.3. The zero-order valence-electron chi connectivity index (χ0n) is 9.16. The molecule has 1 fully saturated rings. The van der Waals surface area contributed by atoms with E-state index < -0.39 is 11.4 Å². The average Bonchev–Trinajstić information content (AvgIpc) is 2.56. The molecule has 1 aliphatic carbocycles. The van der Waals surface area contributed by atoms with Crippen LogP contribution in [0.2, 0.25) is 0 Å². The van der Waals surface area contributed by atoms with Gasteiger partial charge in [0.05, 0.1) is 0 Å². The molecule has 1 N–H and O–H groups in total. The summed E-state index contributed by atoms with van der Waals surface area (Å²) in [7, 11) is 0. The summed E-state index contributed by atoms with van der Waals surface area (Å²) in [5.41, 5.74) is -1.07. The molecule has 84 valence electrons. The third-order valence-corrected chi connectivity index (χ3v) is 3.09. The molecule has 0 heterocycles. The van der Waals surface area contributed by atoms with Crippen molar-refractivity contribution in [2.45, 2.75) is 45.4 Å². The second-order valence-electron chi connectivity index (χ2n) is 4.08. The molecule has 0 amide bonds. The van der Waals surface area contributed by atoms with Gasteiger partial charge in [-0.05, 0) is 32.1 Å². The summed E-state index contributed by atoms with van der Waals surface area (Å²) in [6, 6.07) is 0. The quantitative estimate of drug-likeness (QED) is 0.560. The second-order valence-corrected chi connectivity index (χ2v) is 4.08. The molecule has 1 aliphatic rings. The summed E-state index contributed by atoms with van der Waals surface area (Å²) >= 11 is 0. The van der Waals surface area contributed by atoms with Crippen molar-refractivity contribution in [2.24, 2.45) is 5.41 Å². The smallest absolute Gasteiger partial charge is 0.317 e. The Morgan fingerprint density at radius 3 is 2.73 bits per heavy atom. The predicted octanol–water partition coefficient (Wildman–Crippen LogP) is 2.56. The first-order chi connectivity index (χ1) is 7.13. The van der Waals surface area contributed by atoms with Crippen LogP contribution in [0.25, 0.3) is 0 Å². The summed E-state index contributed by atoms with van der Waals surface area (Å²) in [6.45, 7) is 2.03. The van der Waals surface area contributed by atoms with Gasteiger partial charge >= 0.3 is 5.97 Å². The second kappa shape index (κ2) is 5.10. The van der Waals surface area contributed by atoms with Gasteiger partial charge in [-0.25, -0.2) is 0 Å². The first kappa shape index (κ1) is 12.0. The van der Waals surface area contributed by atoms with Crippen LogP contribution in [-0.4, -0.2) is 16.9 Å². The molecule has 3 nitrogen and oxygen atoms in total. The van der Waals surface area contributed by atoms with Gasteiger partial charge in [-0.3, -0.25) is 9.59 Å². The molecular formula is C12H18O3. The van der Waals surface area contributed by atoms with Gasteiger partial charge < -0.3 is 5.11 Å². The molecular weight excluding hydrogens is 192 g/mol. The average molecular weight is 210 g/mol. The molecule has 1 saturated carbocycles. The molecule has 1 atom stereocenters. The summed E-state index contributed by atoms with van der Waals surface area (Å²) in [5.74, 6) is -1.02. The van der Waals surface area contributed by atoms with E-state index in [0.717, 1.165) is 12.8 Å². The number of carbonyl (C=O) groups is 2. The maximum absolute atomic E-state index is 11.6. The first-order valence-corrected chi connectivity index (χ1v) is 5.55. The van der Waals surface area contributed by atoms with Crippen LogP contribution in [0.4, 0.5) is 0 Å². The molecule has 0 aliphatic heterocycles. The Morgan fingerprint density at radius 1 is 1.53 bits per heavy atom. The van der Waals surface area contributed by atoms with Crippen molar-refractivity contribution in [3.8, 4) is 0 Å². The molecule has 15 heavy (non-hydrogen) atoms. The number of ketones is 1. The molecule has 1 unspecified atom stereocenters. The van der Waals surface area contributed by atoms with E-state index in [1.165, 1.54) is 0 Å². The molecule has 0 bridgehead atoms. The van der Waals surface area contributed by atoms with E-state index in [0.29, 0.717) is 25.7 Å². The Kier molecular flexibility index (Phi) is 4.06. The number of hydrogen-bond donors (Lipinski definition) is 1. The van der Waals surface area contributed by atoms with Crippen molar-refractivity contribution in [1.82, 2.24) is 0 Å². The van der Waals surface area contributed by atoms with Crippen LogP contribution in [0.15, 0.2) is 12.2 Å². The van der Waals surface area contributed by atoms with E-state index in [4.69, 9.17) is 5.11 Å². The number of hydrogen-bond acceptors (Lipinski definition) is 2. The molecule has 3 heteroatoms. The number of carboxylic acid groups (broad SMARTS) is 1. The van der Waals surface area contributed by atoms with Crippen molar-refractivity contribution in [3.63, 3.8) is 0 Å². The summed E-state index contributed by atoms with van der Waals surface area (Å²) in [4.78, 5) is 22.7. The monoisotopic (exact) mass is 210 g/mol. The van der Waals surface area contributed by atoms with Gasteiger partial charge in [-0.15, -0.1) is 0 Å². The number of carboxylic acids is 1. The molecule has 0 radical (unpaired) electrons. The third kappa shape index (κ3) is 2.46. The Balaban J connectivity index is 2.63. The lowest BCUT2D eigenvalue weighted by atomic mass is 9.80. The van der Waals surface area contributed by atoms with Gasteiger partial charge in [0.15, 0.2) is 0 Å². The minimum atomic E-state index is -1.07. The maximum Gasteiger partial charge on any atom is 0.317 e. The Hall–Kier alpha value is -1.12. The van der Waals surface area contributed by atoms with Crippen LogP contribution in [-0.2, 0) is 9.59 Å². The standard InChI is InChI=1S/C12H18O3/c1-2-3-4-5-8-12(11(14)15)9-6-7-10(12)13/h3-4H,2,5-9H2,1H3,(H,14,15)/b4-3-. The van der Waals surface area contributed by atoms with Crippen molar-refractivity contribution in [2.75, 3.05) is 0 Å². The summed E-state index contributed by atoms with van der Waals surface area (Å²) in [6.07, 6.45) is 7.75. The lowest BCUT2D eigenvalue weighted by Gasteiger charge is -2.20. The van der Waals surface area contributed by atoms with Gasteiger partial charge in [0.2, 0.25) is 0 Å². The van der Waals surface area contributed by atoms with Crippen LogP contribution in [0.5, 0.6) is 0 Å². The molecule has 0 aromatic heterocycles. The molecule has 0 aromatic carbocycles.